The number of aliphatic hydroxyl groups is 1. The van der Waals surface area contributed by atoms with E-state index >= 15 is 0 Å². The van der Waals surface area contributed by atoms with Gasteiger partial charge in [0.2, 0.25) is 11.7 Å². The van der Waals surface area contributed by atoms with Crippen molar-refractivity contribution >= 4 is 5.91 Å². The largest absolute Gasteiger partial charge is 0.395 e. The standard InChI is InChI=1S/C18H25N3O3/c1-5-21(9-10-22)17(23)14-8-6-7-13(11-14)16-19-15(24-20-16)12-18(2,3)4/h6-8,11,22H,5,9-10,12H2,1-4H3. The summed E-state index contributed by atoms with van der Waals surface area (Å²) in [4.78, 5) is 18.5. The normalized spacial score (nSPS) is 11.5. The van der Waals surface area contributed by atoms with Gasteiger partial charge in [0.25, 0.3) is 5.91 Å². The van der Waals surface area contributed by atoms with Crippen molar-refractivity contribution < 1.29 is 14.4 Å². The van der Waals surface area contributed by atoms with Crippen molar-refractivity contribution in [2.45, 2.75) is 34.1 Å². The lowest BCUT2D eigenvalue weighted by Gasteiger charge is -2.19. The summed E-state index contributed by atoms with van der Waals surface area (Å²) in [6.45, 7) is 9.01. The van der Waals surface area contributed by atoms with Crippen LogP contribution >= 0.6 is 0 Å². The smallest absolute Gasteiger partial charge is 0.253 e. The molecule has 0 unspecified atom stereocenters. The predicted molar refractivity (Wildman–Crippen MR) is 91.6 cm³/mol. The number of likely N-dealkylation sites (N-methyl/N-ethyl adjacent to an activating group) is 1. The molecule has 0 atom stereocenters. The fraction of sp³-hybridized carbons (Fsp3) is 0.500. The van der Waals surface area contributed by atoms with Crippen LogP contribution in [0, 0.1) is 5.41 Å². The van der Waals surface area contributed by atoms with Gasteiger partial charge in [-0.1, -0.05) is 38.1 Å². The fourth-order valence-corrected chi connectivity index (χ4v) is 2.40. The zero-order chi connectivity index (χ0) is 17.7. The summed E-state index contributed by atoms with van der Waals surface area (Å²) in [7, 11) is 0. The molecule has 6 heteroatoms. The summed E-state index contributed by atoms with van der Waals surface area (Å²) >= 11 is 0. The van der Waals surface area contributed by atoms with Crippen LogP contribution < -0.4 is 0 Å². The van der Waals surface area contributed by atoms with Crippen LogP contribution in [0.1, 0.15) is 43.9 Å². The molecule has 0 fully saturated rings. The Hall–Kier alpha value is -2.21. The molecule has 1 aromatic heterocycles. The lowest BCUT2D eigenvalue weighted by Crippen LogP contribution is -2.33. The third-order valence-electron chi connectivity index (χ3n) is 3.56. The molecule has 0 bridgehead atoms. The van der Waals surface area contributed by atoms with Gasteiger partial charge in [-0.05, 0) is 24.5 Å². The van der Waals surface area contributed by atoms with Crippen LogP contribution in [0.5, 0.6) is 0 Å². The van der Waals surface area contributed by atoms with E-state index in [1.54, 1.807) is 23.1 Å². The number of carbonyl (C=O) groups excluding carboxylic acids is 1. The number of rotatable bonds is 6. The first-order valence-corrected chi connectivity index (χ1v) is 8.17. The van der Waals surface area contributed by atoms with Gasteiger partial charge in [0.1, 0.15) is 0 Å². The van der Waals surface area contributed by atoms with E-state index in [1.807, 2.05) is 13.0 Å². The van der Waals surface area contributed by atoms with Gasteiger partial charge in [0.05, 0.1) is 6.61 Å². The molecule has 1 aromatic carbocycles. The Bertz CT molecular complexity index is 689. The third kappa shape index (κ3) is 4.64. The van der Waals surface area contributed by atoms with E-state index in [-0.39, 0.29) is 17.9 Å². The molecular formula is C18H25N3O3. The van der Waals surface area contributed by atoms with E-state index in [2.05, 4.69) is 30.9 Å². The van der Waals surface area contributed by atoms with Crippen LogP contribution in [0.3, 0.4) is 0 Å². The number of nitrogens with zero attached hydrogens (tertiary/aromatic N) is 3. The van der Waals surface area contributed by atoms with Crippen molar-refractivity contribution in [3.63, 3.8) is 0 Å². The van der Waals surface area contributed by atoms with Gasteiger partial charge in [-0.15, -0.1) is 0 Å². The molecule has 2 rings (SSSR count). The molecule has 2 aromatic rings. The summed E-state index contributed by atoms with van der Waals surface area (Å²) in [5, 5.41) is 13.1. The van der Waals surface area contributed by atoms with E-state index < -0.39 is 0 Å². The second kappa shape index (κ2) is 7.57. The van der Waals surface area contributed by atoms with Crippen LogP contribution in [0.4, 0.5) is 0 Å². The summed E-state index contributed by atoms with van der Waals surface area (Å²) in [6.07, 6.45) is 0.693. The Morgan fingerprint density at radius 1 is 1.33 bits per heavy atom. The number of hydrogen-bond donors (Lipinski definition) is 1. The van der Waals surface area contributed by atoms with E-state index in [4.69, 9.17) is 9.63 Å². The molecule has 0 saturated carbocycles. The van der Waals surface area contributed by atoms with E-state index in [1.165, 1.54) is 0 Å². The van der Waals surface area contributed by atoms with Crippen LogP contribution in [-0.4, -0.2) is 45.8 Å². The predicted octanol–water partition coefficient (Wildman–Crippen LogP) is 2.78. The van der Waals surface area contributed by atoms with Crippen molar-refractivity contribution in [3.8, 4) is 11.4 Å². The number of hydrogen-bond acceptors (Lipinski definition) is 5. The van der Waals surface area contributed by atoms with Crippen molar-refractivity contribution in [1.29, 1.82) is 0 Å². The van der Waals surface area contributed by atoms with Gasteiger partial charge >= 0.3 is 0 Å². The number of amides is 1. The van der Waals surface area contributed by atoms with Gasteiger partial charge in [-0.25, -0.2) is 0 Å². The summed E-state index contributed by atoms with van der Waals surface area (Å²) in [6, 6.07) is 7.16. The molecule has 0 radical (unpaired) electrons. The van der Waals surface area contributed by atoms with Gasteiger partial charge in [-0.3, -0.25) is 4.79 Å². The van der Waals surface area contributed by atoms with Crippen molar-refractivity contribution in [1.82, 2.24) is 15.0 Å². The molecule has 1 heterocycles. The third-order valence-corrected chi connectivity index (χ3v) is 3.56. The maximum absolute atomic E-state index is 12.5. The molecule has 0 aliphatic carbocycles. The lowest BCUT2D eigenvalue weighted by atomic mass is 9.92. The van der Waals surface area contributed by atoms with Gasteiger partial charge in [-0.2, -0.15) is 4.98 Å². The zero-order valence-corrected chi connectivity index (χ0v) is 14.7. The van der Waals surface area contributed by atoms with Crippen molar-refractivity contribution in [2.24, 2.45) is 5.41 Å². The Morgan fingerprint density at radius 2 is 2.08 bits per heavy atom. The average Bonchev–Trinajstić information content (AvgIpc) is 2.98. The monoisotopic (exact) mass is 331 g/mol. The molecule has 0 aliphatic rings. The SMILES string of the molecule is CCN(CCO)C(=O)c1cccc(-c2noc(CC(C)(C)C)n2)c1. The average molecular weight is 331 g/mol. The highest BCUT2D eigenvalue weighted by atomic mass is 16.5. The van der Waals surface area contributed by atoms with Crippen LogP contribution in [0.25, 0.3) is 11.4 Å². The number of benzene rings is 1. The maximum atomic E-state index is 12.5. The molecule has 1 amide bonds. The zero-order valence-electron chi connectivity index (χ0n) is 14.7. The first-order valence-electron chi connectivity index (χ1n) is 8.17. The second-order valence-corrected chi connectivity index (χ2v) is 6.94. The van der Waals surface area contributed by atoms with Crippen LogP contribution in [0.2, 0.25) is 0 Å². The molecule has 24 heavy (non-hydrogen) atoms. The van der Waals surface area contributed by atoms with Crippen LogP contribution in [0.15, 0.2) is 28.8 Å². The fourth-order valence-electron chi connectivity index (χ4n) is 2.40. The minimum Gasteiger partial charge on any atom is -0.395 e. The van der Waals surface area contributed by atoms with E-state index in [0.717, 1.165) is 5.56 Å². The Kier molecular flexibility index (Phi) is 5.72. The molecule has 0 saturated heterocycles. The maximum Gasteiger partial charge on any atom is 0.253 e. The van der Waals surface area contributed by atoms with E-state index in [0.29, 0.717) is 36.8 Å². The molecule has 6 nitrogen and oxygen atoms in total. The molecular weight excluding hydrogens is 306 g/mol. The topological polar surface area (TPSA) is 79.5 Å². The van der Waals surface area contributed by atoms with Crippen LogP contribution in [-0.2, 0) is 6.42 Å². The highest BCUT2D eigenvalue weighted by Gasteiger charge is 2.18. The Labute approximate surface area is 142 Å². The molecule has 130 valence electrons. The van der Waals surface area contributed by atoms with Gasteiger partial charge in [0, 0.05) is 30.6 Å². The first kappa shape index (κ1) is 18.1. The quantitative estimate of drug-likeness (QED) is 0.880. The summed E-state index contributed by atoms with van der Waals surface area (Å²) in [5.74, 6) is 0.950. The minimum absolute atomic E-state index is 0.0553. The first-order chi connectivity index (χ1) is 11.3. The van der Waals surface area contributed by atoms with Gasteiger partial charge in [0.15, 0.2) is 0 Å². The second-order valence-electron chi connectivity index (χ2n) is 6.94. The van der Waals surface area contributed by atoms with E-state index in [9.17, 15) is 4.79 Å². The highest BCUT2D eigenvalue weighted by molar-refractivity contribution is 5.95. The Morgan fingerprint density at radius 3 is 2.71 bits per heavy atom. The summed E-state index contributed by atoms with van der Waals surface area (Å²) in [5.41, 5.74) is 1.35. The molecule has 0 aliphatic heterocycles. The molecule has 0 spiro atoms. The van der Waals surface area contributed by atoms with Gasteiger partial charge < -0.3 is 14.5 Å². The van der Waals surface area contributed by atoms with Crippen molar-refractivity contribution in [3.05, 3.63) is 35.7 Å². The highest BCUT2D eigenvalue weighted by Crippen LogP contribution is 2.23. The number of aliphatic hydroxyl groups excluding tert-OH is 1. The summed E-state index contributed by atoms with van der Waals surface area (Å²) < 4.78 is 5.31. The number of aromatic nitrogens is 2. The number of carbonyl (C=O) groups is 1. The molecule has 1 N–H and O–H groups in total. The van der Waals surface area contributed by atoms with Crippen molar-refractivity contribution in [2.75, 3.05) is 19.7 Å². The lowest BCUT2D eigenvalue weighted by molar-refractivity contribution is 0.0732. The minimum atomic E-state index is -0.119. The Balaban J connectivity index is 2.23.